The molecule has 4 heteroatoms. The number of nitrogens with one attached hydrogen (secondary N) is 1. The molecule has 0 saturated carbocycles. The largest absolute Gasteiger partial charge is 0.500 e. The molecule has 0 aromatic heterocycles. The molecule has 0 fully saturated rings. The summed E-state index contributed by atoms with van der Waals surface area (Å²) in [6.45, 7) is 2.43. The molecule has 4 nitrogen and oxygen atoms in total. The van der Waals surface area contributed by atoms with E-state index in [9.17, 15) is 4.79 Å². The molecular weight excluding hydrogens is 206 g/mol. The summed E-state index contributed by atoms with van der Waals surface area (Å²) in [6, 6.07) is 9.18. The van der Waals surface area contributed by atoms with Gasteiger partial charge in [0.1, 0.15) is 5.75 Å². The van der Waals surface area contributed by atoms with Gasteiger partial charge < -0.3 is 14.8 Å². The van der Waals surface area contributed by atoms with Gasteiger partial charge in [-0.1, -0.05) is 18.2 Å². The highest BCUT2D eigenvalue weighted by Crippen LogP contribution is 2.07. The van der Waals surface area contributed by atoms with Crippen LogP contribution >= 0.6 is 0 Å². The van der Waals surface area contributed by atoms with Crippen molar-refractivity contribution in [1.82, 2.24) is 5.32 Å². The molecule has 1 aromatic carbocycles. The zero-order chi connectivity index (χ0) is 11.6. The lowest BCUT2D eigenvalue weighted by Crippen LogP contribution is -2.24. The molecular formula is C12H15NO3. The average molecular weight is 221 g/mol. The van der Waals surface area contributed by atoms with E-state index in [0.717, 1.165) is 0 Å². The lowest BCUT2D eigenvalue weighted by atomic mass is 10.3. The van der Waals surface area contributed by atoms with Crippen LogP contribution in [-0.4, -0.2) is 19.1 Å². The van der Waals surface area contributed by atoms with Gasteiger partial charge in [-0.25, -0.2) is 0 Å². The third kappa shape index (κ3) is 5.05. The molecule has 16 heavy (non-hydrogen) atoms. The molecule has 0 atom stereocenters. The lowest BCUT2D eigenvalue weighted by molar-refractivity contribution is -0.122. The Morgan fingerprint density at radius 2 is 2.12 bits per heavy atom. The smallest absolute Gasteiger partial charge is 0.261 e. The van der Waals surface area contributed by atoms with E-state index in [0.29, 0.717) is 12.4 Å². The molecule has 0 heterocycles. The first-order valence-corrected chi connectivity index (χ1v) is 5.06. The van der Waals surface area contributed by atoms with Gasteiger partial charge >= 0.3 is 0 Å². The van der Waals surface area contributed by atoms with Crippen LogP contribution in [0.25, 0.3) is 0 Å². The highest BCUT2D eigenvalue weighted by atomic mass is 16.5. The first-order valence-electron chi connectivity index (χ1n) is 5.06. The summed E-state index contributed by atoms with van der Waals surface area (Å²) in [5.41, 5.74) is 0. The maximum atomic E-state index is 11.2. The van der Waals surface area contributed by atoms with Gasteiger partial charge in [0, 0.05) is 6.20 Å². The number of hydrogen-bond donors (Lipinski definition) is 1. The fourth-order valence-corrected chi connectivity index (χ4v) is 0.979. The first-order chi connectivity index (χ1) is 7.83. The van der Waals surface area contributed by atoms with Gasteiger partial charge in [-0.2, -0.15) is 0 Å². The van der Waals surface area contributed by atoms with E-state index in [4.69, 9.17) is 9.47 Å². The van der Waals surface area contributed by atoms with Crippen molar-refractivity contribution in [2.24, 2.45) is 0 Å². The maximum Gasteiger partial charge on any atom is 0.261 e. The molecule has 1 rings (SSSR count). The topological polar surface area (TPSA) is 47.6 Å². The van der Waals surface area contributed by atoms with E-state index in [2.05, 4.69) is 5.32 Å². The van der Waals surface area contributed by atoms with Crippen molar-refractivity contribution in [3.63, 3.8) is 0 Å². The maximum absolute atomic E-state index is 11.2. The predicted octanol–water partition coefficient (Wildman–Crippen LogP) is 1.69. The van der Waals surface area contributed by atoms with Crippen LogP contribution < -0.4 is 10.1 Å². The molecule has 0 aliphatic heterocycles. The molecule has 0 aliphatic carbocycles. The first kappa shape index (κ1) is 12.1. The molecule has 0 spiro atoms. The van der Waals surface area contributed by atoms with Crippen LogP contribution in [0.1, 0.15) is 6.92 Å². The van der Waals surface area contributed by atoms with Crippen LogP contribution in [0, 0.1) is 0 Å². The number of ether oxygens (including phenoxy) is 2. The fraction of sp³-hybridized carbons (Fsp3) is 0.250. The normalized spacial score (nSPS) is 10.1. The van der Waals surface area contributed by atoms with Crippen LogP contribution in [-0.2, 0) is 9.53 Å². The second-order valence-electron chi connectivity index (χ2n) is 2.93. The number of carbonyl (C=O) groups excluding carboxylic acids is 1. The van der Waals surface area contributed by atoms with E-state index >= 15 is 0 Å². The number of carbonyl (C=O) groups is 1. The summed E-state index contributed by atoms with van der Waals surface area (Å²) in [5, 5.41) is 2.52. The standard InChI is InChI=1S/C12H15NO3/c1-2-15-9-8-13-12(14)10-16-11-6-4-3-5-7-11/h3-9H,2,10H2,1H3,(H,13,14)/b9-8+. The van der Waals surface area contributed by atoms with E-state index in [1.807, 2.05) is 25.1 Å². The van der Waals surface area contributed by atoms with Crippen molar-refractivity contribution in [3.8, 4) is 5.75 Å². The molecule has 0 aliphatic rings. The summed E-state index contributed by atoms with van der Waals surface area (Å²) in [4.78, 5) is 11.2. The molecule has 86 valence electrons. The van der Waals surface area contributed by atoms with Crippen molar-refractivity contribution in [1.29, 1.82) is 0 Å². The van der Waals surface area contributed by atoms with Gasteiger partial charge in [0.25, 0.3) is 5.91 Å². The summed E-state index contributed by atoms with van der Waals surface area (Å²) >= 11 is 0. The Labute approximate surface area is 94.9 Å². The molecule has 1 N–H and O–H groups in total. The molecule has 1 aromatic rings. The third-order valence-corrected chi connectivity index (χ3v) is 1.69. The van der Waals surface area contributed by atoms with E-state index in [-0.39, 0.29) is 12.5 Å². The van der Waals surface area contributed by atoms with Crippen molar-refractivity contribution in [2.75, 3.05) is 13.2 Å². The minimum absolute atomic E-state index is 0.0134. The number of benzene rings is 1. The van der Waals surface area contributed by atoms with Crippen LogP contribution in [0.15, 0.2) is 42.8 Å². The number of hydrogen-bond acceptors (Lipinski definition) is 3. The Kier molecular flexibility index (Phi) is 5.55. The van der Waals surface area contributed by atoms with Crippen LogP contribution in [0.3, 0.4) is 0 Å². The average Bonchev–Trinajstić information content (AvgIpc) is 2.33. The van der Waals surface area contributed by atoms with E-state index in [1.54, 1.807) is 12.1 Å². The molecule has 0 saturated heterocycles. The van der Waals surface area contributed by atoms with Crippen LogP contribution in [0.2, 0.25) is 0 Å². The van der Waals surface area contributed by atoms with Crippen LogP contribution in [0.4, 0.5) is 0 Å². The fourth-order valence-electron chi connectivity index (χ4n) is 0.979. The monoisotopic (exact) mass is 221 g/mol. The van der Waals surface area contributed by atoms with Gasteiger partial charge in [-0.15, -0.1) is 0 Å². The summed E-state index contributed by atoms with van der Waals surface area (Å²) in [7, 11) is 0. The van der Waals surface area contributed by atoms with E-state index in [1.165, 1.54) is 12.5 Å². The zero-order valence-corrected chi connectivity index (χ0v) is 9.18. The highest BCUT2D eigenvalue weighted by molar-refractivity contribution is 5.78. The number of amides is 1. The van der Waals surface area contributed by atoms with Gasteiger partial charge in [-0.3, -0.25) is 4.79 Å². The lowest BCUT2D eigenvalue weighted by Gasteiger charge is -2.04. The minimum atomic E-state index is -0.222. The Morgan fingerprint density at radius 1 is 1.38 bits per heavy atom. The second-order valence-corrected chi connectivity index (χ2v) is 2.93. The highest BCUT2D eigenvalue weighted by Gasteiger charge is 1.99. The Bertz CT molecular complexity index is 335. The minimum Gasteiger partial charge on any atom is -0.500 e. The van der Waals surface area contributed by atoms with Gasteiger partial charge in [0.15, 0.2) is 6.61 Å². The molecule has 0 bridgehead atoms. The van der Waals surface area contributed by atoms with Crippen LogP contribution in [0.5, 0.6) is 5.75 Å². The van der Waals surface area contributed by atoms with Crippen molar-refractivity contribution in [3.05, 3.63) is 42.8 Å². The number of para-hydroxylation sites is 1. The predicted molar refractivity (Wildman–Crippen MR) is 60.8 cm³/mol. The molecule has 0 radical (unpaired) electrons. The summed E-state index contributed by atoms with van der Waals surface area (Å²) in [5.74, 6) is 0.450. The van der Waals surface area contributed by atoms with Crippen molar-refractivity contribution in [2.45, 2.75) is 6.92 Å². The Balaban J connectivity index is 2.20. The quantitative estimate of drug-likeness (QED) is 0.743. The third-order valence-electron chi connectivity index (χ3n) is 1.69. The van der Waals surface area contributed by atoms with E-state index < -0.39 is 0 Å². The summed E-state index contributed by atoms with van der Waals surface area (Å²) < 4.78 is 10.1. The number of rotatable bonds is 6. The van der Waals surface area contributed by atoms with Gasteiger partial charge in [0.05, 0.1) is 12.9 Å². The van der Waals surface area contributed by atoms with Crippen molar-refractivity contribution >= 4 is 5.91 Å². The summed E-state index contributed by atoms with van der Waals surface area (Å²) in [6.07, 6.45) is 2.88. The second kappa shape index (κ2) is 7.34. The Hall–Kier alpha value is -1.97. The van der Waals surface area contributed by atoms with Crippen molar-refractivity contribution < 1.29 is 14.3 Å². The van der Waals surface area contributed by atoms with Gasteiger partial charge in [-0.05, 0) is 19.1 Å². The molecule has 0 unspecified atom stereocenters. The Morgan fingerprint density at radius 3 is 2.81 bits per heavy atom. The molecule has 1 amide bonds. The zero-order valence-electron chi connectivity index (χ0n) is 9.18. The van der Waals surface area contributed by atoms with Gasteiger partial charge in [0.2, 0.25) is 0 Å². The SMILES string of the molecule is CCO/C=C/NC(=O)COc1ccccc1.